The van der Waals surface area contributed by atoms with Crippen molar-refractivity contribution in [2.45, 2.75) is 70.5 Å². The number of carbonyl (C=O) groups is 2. The third-order valence-electron chi connectivity index (χ3n) is 8.63. The molecule has 0 heterocycles. The first-order chi connectivity index (χ1) is 12.2. The molecule has 5 nitrogen and oxygen atoms in total. The SMILES string of the molecule is C[C@]12CCC(=O)CC1=CC[C@@H]1[C@@H]2[C@@H](O)C[C@@]2(C)[C@H]1CC[C@]2(O)C(=O)CO. The largest absolute Gasteiger partial charge is 0.393 e. The minimum absolute atomic E-state index is 0.0697. The lowest BCUT2D eigenvalue weighted by Gasteiger charge is -2.59. The van der Waals surface area contributed by atoms with Crippen LogP contribution in [0.25, 0.3) is 0 Å². The fraction of sp³-hybridized carbons (Fsp3) is 0.810. The monoisotopic (exact) mass is 362 g/mol. The van der Waals surface area contributed by atoms with E-state index in [0.717, 1.165) is 19.3 Å². The van der Waals surface area contributed by atoms with E-state index >= 15 is 0 Å². The Bertz CT molecular complexity index is 684. The van der Waals surface area contributed by atoms with Crippen LogP contribution in [0.1, 0.15) is 58.8 Å². The van der Waals surface area contributed by atoms with Crippen LogP contribution in [-0.4, -0.2) is 45.2 Å². The van der Waals surface area contributed by atoms with Gasteiger partial charge in [0.2, 0.25) is 0 Å². The van der Waals surface area contributed by atoms with E-state index in [1.165, 1.54) is 5.57 Å². The third kappa shape index (κ3) is 2.14. The van der Waals surface area contributed by atoms with Gasteiger partial charge in [-0.2, -0.15) is 0 Å². The maximum Gasteiger partial charge on any atom is 0.190 e. The summed E-state index contributed by atoms with van der Waals surface area (Å²) in [6, 6.07) is 0. The molecular formula is C21H30O5. The van der Waals surface area contributed by atoms with Crippen LogP contribution >= 0.6 is 0 Å². The van der Waals surface area contributed by atoms with Crippen molar-refractivity contribution in [1.29, 1.82) is 0 Å². The number of aliphatic hydroxyl groups is 3. The molecule has 0 aromatic rings. The van der Waals surface area contributed by atoms with E-state index in [2.05, 4.69) is 13.0 Å². The molecule has 0 aromatic heterocycles. The van der Waals surface area contributed by atoms with Crippen LogP contribution in [-0.2, 0) is 9.59 Å². The maximum atomic E-state index is 12.4. The highest BCUT2D eigenvalue weighted by Gasteiger charge is 2.67. The van der Waals surface area contributed by atoms with Crippen molar-refractivity contribution in [2.75, 3.05) is 6.61 Å². The first-order valence-corrected chi connectivity index (χ1v) is 9.93. The number of ketones is 2. The van der Waals surface area contributed by atoms with Gasteiger partial charge in [-0.25, -0.2) is 0 Å². The summed E-state index contributed by atoms with van der Waals surface area (Å²) in [5, 5.41) is 31.7. The summed E-state index contributed by atoms with van der Waals surface area (Å²) in [5.41, 5.74) is -1.25. The molecule has 7 atom stereocenters. The van der Waals surface area contributed by atoms with Gasteiger partial charge in [0.15, 0.2) is 5.78 Å². The molecule has 3 fully saturated rings. The first-order valence-electron chi connectivity index (χ1n) is 9.93. The van der Waals surface area contributed by atoms with Crippen LogP contribution in [0.3, 0.4) is 0 Å². The molecule has 0 aliphatic heterocycles. The van der Waals surface area contributed by atoms with Gasteiger partial charge in [0.1, 0.15) is 18.0 Å². The Balaban J connectivity index is 1.74. The van der Waals surface area contributed by atoms with Crippen molar-refractivity contribution < 1.29 is 24.9 Å². The summed E-state index contributed by atoms with van der Waals surface area (Å²) in [4.78, 5) is 24.3. The number of hydrogen-bond donors (Lipinski definition) is 3. The molecule has 0 radical (unpaired) electrons. The highest BCUT2D eigenvalue weighted by atomic mass is 16.3. The molecule has 0 aromatic carbocycles. The molecule has 0 unspecified atom stereocenters. The van der Waals surface area contributed by atoms with E-state index < -0.39 is 29.5 Å². The minimum Gasteiger partial charge on any atom is -0.393 e. The second-order valence-corrected chi connectivity index (χ2v) is 9.56. The Morgan fingerprint density at radius 2 is 2.04 bits per heavy atom. The lowest BCUT2D eigenvalue weighted by molar-refractivity contribution is -0.180. The second-order valence-electron chi connectivity index (χ2n) is 9.56. The van der Waals surface area contributed by atoms with E-state index in [4.69, 9.17) is 0 Å². The van der Waals surface area contributed by atoms with Crippen LogP contribution in [0.4, 0.5) is 0 Å². The van der Waals surface area contributed by atoms with Gasteiger partial charge in [0.25, 0.3) is 0 Å². The zero-order valence-corrected chi connectivity index (χ0v) is 15.7. The third-order valence-corrected chi connectivity index (χ3v) is 8.63. The van der Waals surface area contributed by atoms with Crippen LogP contribution in [0.5, 0.6) is 0 Å². The van der Waals surface area contributed by atoms with Crippen molar-refractivity contribution in [3.63, 3.8) is 0 Å². The fourth-order valence-corrected chi connectivity index (χ4v) is 7.20. The molecule has 144 valence electrons. The molecule has 3 saturated carbocycles. The van der Waals surface area contributed by atoms with Gasteiger partial charge in [0.05, 0.1) is 6.10 Å². The Hall–Kier alpha value is -1.04. The van der Waals surface area contributed by atoms with E-state index in [0.29, 0.717) is 25.7 Å². The van der Waals surface area contributed by atoms with E-state index in [-0.39, 0.29) is 29.0 Å². The molecule has 5 heteroatoms. The molecule has 0 spiro atoms. The molecule has 3 N–H and O–H groups in total. The molecular weight excluding hydrogens is 332 g/mol. The summed E-state index contributed by atoms with van der Waals surface area (Å²) in [6.45, 7) is 3.45. The van der Waals surface area contributed by atoms with E-state index in [1.54, 1.807) is 0 Å². The quantitative estimate of drug-likeness (QED) is 0.651. The van der Waals surface area contributed by atoms with Crippen molar-refractivity contribution in [3.8, 4) is 0 Å². The maximum absolute atomic E-state index is 12.4. The minimum atomic E-state index is -1.55. The normalized spacial score (nSPS) is 50.5. The number of aliphatic hydroxyl groups excluding tert-OH is 2. The molecule has 4 rings (SSSR count). The van der Waals surface area contributed by atoms with Gasteiger partial charge in [-0.3, -0.25) is 9.59 Å². The van der Waals surface area contributed by atoms with Crippen molar-refractivity contribution in [2.24, 2.45) is 28.6 Å². The number of rotatable bonds is 2. The average molecular weight is 362 g/mol. The first kappa shape index (κ1) is 18.3. The summed E-state index contributed by atoms with van der Waals surface area (Å²) in [6.07, 6.45) is 5.70. The van der Waals surface area contributed by atoms with Gasteiger partial charge >= 0.3 is 0 Å². The molecule has 26 heavy (non-hydrogen) atoms. The van der Waals surface area contributed by atoms with E-state index in [9.17, 15) is 24.9 Å². The summed E-state index contributed by atoms with van der Waals surface area (Å²) >= 11 is 0. The number of carbonyl (C=O) groups excluding carboxylic acids is 2. The number of allylic oxidation sites excluding steroid dienone is 2. The number of fused-ring (bicyclic) bond motifs is 5. The van der Waals surface area contributed by atoms with Crippen LogP contribution in [0.2, 0.25) is 0 Å². The number of hydrogen-bond acceptors (Lipinski definition) is 5. The van der Waals surface area contributed by atoms with Crippen molar-refractivity contribution in [1.82, 2.24) is 0 Å². The van der Waals surface area contributed by atoms with Crippen LogP contribution < -0.4 is 0 Å². The topological polar surface area (TPSA) is 94.8 Å². The molecule has 0 bridgehead atoms. The van der Waals surface area contributed by atoms with Gasteiger partial charge in [-0.1, -0.05) is 25.5 Å². The Morgan fingerprint density at radius 3 is 2.73 bits per heavy atom. The van der Waals surface area contributed by atoms with Crippen LogP contribution in [0, 0.1) is 28.6 Å². The summed E-state index contributed by atoms with van der Waals surface area (Å²) in [5.74, 6) is 0.177. The van der Waals surface area contributed by atoms with Gasteiger partial charge < -0.3 is 15.3 Å². The Kier molecular flexibility index (Phi) is 4.04. The predicted molar refractivity (Wildman–Crippen MR) is 95.1 cm³/mol. The standard InChI is InChI=1S/C21H30O5/c1-19-7-5-13(23)9-12(19)3-4-14-15-6-8-21(26,17(25)11-22)20(15,2)10-16(24)18(14)19/h3,14-16,18,22,24,26H,4-11H2,1-2H3/t14-,15-,16-,18+,19-,20-,21-/m0/s1. The highest BCUT2D eigenvalue weighted by molar-refractivity contribution is 5.89. The predicted octanol–water partition coefficient (Wildman–Crippen LogP) is 1.78. The van der Waals surface area contributed by atoms with E-state index in [1.807, 2.05) is 6.92 Å². The molecule has 4 aliphatic rings. The lowest BCUT2D eigenvalue weighted by atomic mass is 9.46. The number of Topliss-reactive ketones (excluding diaryl/α,β-unsaturated/α-hetero) is 2. The van der Waals surface area contributed by atoms with Crippen molar-refractivity contribution in [3.05, 3.63) is 11.6 Å². The Morgan fingerprint density at radius 1 is 1.31 bits per heavy atom. The summed E-state index contributed by atoms with van der Waals surface area (Å²) in [7, 11) is 0. The summed E-state index contributed by atoms with van der Waals surface area (Å²) < 4.78 is 0. The van der Waals surface area contributed by atoms with Crippen LogP contribution in [0.15, 0.2) is 11.6 Å². The smallest absolute Gasteiger partial charge is 0.190 e. The fourth-order valence-electron chi connectivity index (χ4n) is 7.20. The molecule has 4 aliphatic carbocycles. The molecule has 0 saturated heterocycles. The average Bonchev–Trinajstić information content (AvgIpc) is 2.86. The molecule has 0 amide bonds. The van der Waals surface area contributed by atoms with Crippen molar-refractivity contribution >= 4 is 11.6 Å². The van der Waals surface area contributed by atoms with Gasteiger partial charge in [-0.05, 0) is 55.3 Å². The van der Waals surface area contributed by atoms with Gasteiger partial charge in [0, 0.05) is 18.3 Å². The highest BCUT2D eigenvalue weighted by Crippen LogP contribution is 2.67. The second kappa shape index (κ2) is 5.73. The lowest BCUT2D eigenvalue weighted by Crippen LogP contribution is -2.61. The zero-order chi connectivity index (χ0) is 18.9. The Labute approximate surface area is 154 Å². The zero-order valence-electron chi connectivity index (χ0n) is 15.7. The van der Waals surface area contributed by atoms with Gasteiger partial charge in [-0.15, -0.1) is 0 Å².